The Morgan fingerprint density at radius 2 is 1.75 bits per heavy atom. The highest BCUT2D eigenvalue weighted by Gasteiger charge is 2.29. The average Bonchev–Trinajstić information content (AvgIpc) is 2.59. The third-order valence-electron chi connectivity index (χ3n) is 3.93. The summed E-state index contributed by atoms with van der Waals surface area (Å²) in [6.07, 6.45) is 0. The maximum atomic E-state index is 11.4. The van der Waals surface area contributed by atoms with Gasteiger partial charge in [-0.15, -0.1) is 0 Å². The van der Waals surface area contributed by atoms with E-state index in [0.29, 0.717) is 5.69 Å². The molecule has 3 aromatic rings. The molecule has 24 heavy (non-hydrogen) atoms. The molecule has 0 atom stereocenters. The average molecular weight is 382 g/mol. The molecule has 0 aliphatic carbocycles. The Balaban J connectivity index is 2.01. The fourth-order valence-electron chi connectivity index (χ4n) is 2.92. The number of hydrogen-bond donors (Lipinski definition) is 1. The summed E-state index contributed by atoms with van der Waals surface area (Å²) in [5.74, 6) is 0. The summed E-state index contributed by atoms with van der Waals surface area (Å²) in [4.78, 5) is 13.1. The quantitative estimate of drug-likeness (QED) is 0.347. The van der Waals surface area contributed by atoms with Gasteiger partial charge in [-0.05, 0) is 36.4 Å². The first-order chi connectivity index (χ1) is 11.6. The fourth-order valence-corrected chi connectivity index (χ4v) is 3.28. The van der Waals surface area contributed by atoms with E-state index in [9.17, 15) is 10.1 Å². The highest BCUT2D eigenvalue weighted by Crippen LogP contribution is 2.51. The van der Waals surface area contributed by atoms with Crippen molar-refractivity contribution in [3.05, 3.63) is 81.3 Å². The van der Waals surface area contributed by atoms with Gasteiger partial charge in [-0.25, -0.2) is 0 Å². The number of benzene rings is 3. The van der Waals surface area contributed by atoms with E-state index in [2.05, 4.69) is 21.2 Å². The summed E-state index contributed by atoms with van der Waals surface area (Å²) in [5.41, 5.74) is 4.01. The first-order valence-electron chi connectivity index (χ1n) is 7.34. The third-order valence-corrected chi connectivity index (χ3v) is 4.42. The van der Waals surface area contributed by atoms with E-state index in [0.717, 1.165) is 27.2 Å². The lowest BCUT2D eigenvalue weighted by Crippen LogP contribution is -2.18. The molecular weight excluding hydrogens is 370 g/mol. The van der Waals surface area contributed by atoms with Crippen LogP contribution in [0.3, 0.4) is 0 Å². The predicted octanol–water partition coefficient (Wildman–Crippen LogP) is 5.88. The minimum atomic E-state index is -0.363. The van der Waals surface area contributed by atoms with Crippen molar-refractivity contribution < 1.29 is 4.92 Å². The lowest BCUT2D eigenvalue weighted by Gasteiger charge is -2.33. The zero-order chi connectivity index (χ0) is 16.7. The molecule has 0 amide bonds. The maximum Gasteiger partial charge on any atom is 0.294 e. The lowest BCUT2D eigenvalue weighted by atomic mass is 10.1. The maximum absolute atomic E-state index is 11.4. The zero-order valence-electron chi connectivity index (χ0n) is 12.4. The van der Waals surface area contributed by atoms with E-state index in [4.69, 9.17) is 0 Å². The Morgan fingerprint density at radius 1 is 0.958 bits per heavy atom. The second-order valence-corrected chi connectivity index (χ2v) is 6.30. The molecule has 0 bridgehead atoms. The molecule has 3 aromatic carbocycles. The second kappa shape index (κ2) is 5.65. The molecule has 0 radical (unpaired) electrons. The largest absolute Gasteiger partial charge is 0.346 e. The Morgan fingerprint density at radius 3 is 2.50 bits per heavy atom. The van der Waals surface area contributed by atoms with Gasteiger partial charge in [0.25, 0.3) is 5.69 Å². The van der Waals surface area contributed by atoms with Gasteiger partial charge in [0, 0.05) is 16.2 Å². The van der Waals surface area contributed by atoms with Crippen LogP contribution in [0.1, 0.15) is 0 Å². The third kappa shape index (κ3) is 2.32. The van der Waals surface area contributed by atoms with Crippen LogP contribution in [0.25, 0.3) is 0 Å². The number of nitro groups is 1. The number of anilines is 5. The van der Waals surface area contributed by atoms with E-state index in [1.165, 1.54) is 6.07 Å². The summed E-state index contributed by atoms with van der Waals surface area (Å²) in [6, 6.07) is 20.8. The number of nitrogens with zero attached hydrogens (tertiary/aromatic N) is 2. The van der Waals surface area contributed by atoms with Crippen molar-refractivity contribution in [2.45, 2.75) is 0 Å². The number of fused-ring (bicyclic) bond motifs is 2. The molecule has 5 nitrogen and oxygen atoms in total. The second-order valence-electron chi connectivity index (χ2n) is 5.39. The molecule has 0 saturated carbocycles. The topological polar surface area (TPSA) is 58.4 Å². The normalized spacial score (nSPS) is 12.1. The molecule has 0 spiro atoms. The Bertz CT molecular complexity index is 944. The van der Waals surface area contributed by atoms with Crippen LogP contribution in [0.5, 0.6) is 0 Å². The van der Waals surface area contributed by atoms with Crippen LogP contribution in [0, 0.1) is 10.1 Å². The molecule has 118 valence electrons. The van der Waals surface area contributed by atoms with Gasteiger partial charge in [-0.2, -0.15) is 0 Å². The van der Waals surface area contributed by atoms with Crippen LogP contribution >= 0.6 is 15.9 Å². The number of hydrogen-bond acceptors (Lipinski definition) is 4. The van der Waals surface area contributed by atoms with Crippen molar-refractivity contribution in [3.8, 4) is 0 Å². The number of rotatable bonds is 2. The van der Waals surface area contributed by atoms with Crippen molar-refractivity contribution >= 4 is 50.1 Å². The highest BCUT2D eigenvalue weighted by atomic mass is 79.9. The molecule has 0 fully saturated rings. The monoisotopic (exact) mass is 381 g/mol. The van der Waals surface area contributed by atoms with Gasteiger partial charge in [0.05, 0.1) is 22.0 Å². The minimum absolute atomic E-state index is 0.0547. The van der Waals surface area contributed by atoms with Gasteiger partial charge >= 0.3 is 0 Å². The molecule has 1 aliphatic heterocycles. The van der Waals surface area contributed by atoms with Crippen molar-refractivity contribution in [2.75, 3.05) is 10.2 Å². The Kier molecular flexibility index (Phi) is 3.46. The first-order valence-corrected chi connectivity index (χ1v) is 8.13. The molecule has 1 N–H and O–H groups in total. The molecule has 1 heterocycles. The first kappa shape index (κ1) is 14.7. The lowest BCUT2D eigenvalue weighted by molar-refractivity contribution is -0.383. The number of halogens is 1. The molecule has 0 unspecified atom stereocenters. The Labute approximate surface area is 146 Å². The van der Waals surface area contributed by atoms with Crippen LogP contribution in [0.4, 0.5) is 34.1 Å². The van der Waals surface area contributed by atoms with Crippen LogP contribution in [-0.4, -0.2) is 4.92 Å². The fraction of sp³-hybridized carbons (Fsp3) is 0. The van der Waals surface area contributed by atoms with Crippen molar-refractivity contribution in [1.29, 1.82) is 0 Å². The SMILES string of the molecule is O=[N+]([O-])c1cccc2c1Nc1cc(Br)ccc1N2c1ccccc1. The van der Waals surface area contributed by atoms with E-state index in [1.54, 1.807) is 6.07 Å². The minimum Gasteiger partial charge on any atom is -0.346 e. The Hall–Kier alpha value is -2.86. The number of nitrogens with one attached hydrogen (secondary N) is 1. The molecule has 4 rings (SSSR count). The van der Waals surface area contributed by atoms with Crippen LogP contribution in [-0.2, 0) is 0 Å². The summed E-state index contributed by atoms with van der Waals surface area (Å²) in [7, 11) is 0. The van der Waals surface area contributed by atoms with Gasteiger partial charge in [0.15, 0.2) is 0 Å². The van der Waals surface area contributed by atoms with Crippen LogP contribution in [0.15, 0.2) is 71.2 Å². The van der Waals surface area contributed by atoms with Crippen molar-refractivity contribution in [2.24, 2.45) is 0 Å². The standard InChI is InChI=1S/C18H12BrN3O2/c19-12-9-10-15-14(11-12)20-18-16(7-4-8-17(18)22(23)24)21(15)13-5-2-1-3-6-13/h1-11,20H. The molecule has 0 saturated heterocycles. The molecule has 1 aliphatic rings. The summed E-state index contributed by atoms with van der Waals surface area (Å²) in [5, 5.41) is 14.7. The number of nitro benzene ring substituents is 1. The van der Waals surface area contributed by atoms with Crippen molar-refractivity contribution in [1.82, 2.24) is 0 Å². The molecule has 0 aromatic heterocycles. The van der Waals surface area contributed by atoms with Gasteiger partial charge in [0.1, 0.15) is 5.69 Å². The zero-order valence-corrected chi connectivity index (χ0v) is 14.0. The molecule has 6 heteroatoms. The van der Waals surface area contributed by atoms with E-state index >= 15 is 0 Å². The van der Waals surface area contributed by atoms with Gasteiger partial charge < -0.3 is 10.2 Å². The van der Waals surface area contributed by atoms with Crippen molar-refractivity contribution in [3.63, 3.8) is 0 Å². The summed E-state index contributed by atoms with van der Waals surface area (Å²) < 4.78 is 0.906. The van der Waals surface area contributed by atoms with Crippen LogP contribution in [0.2, 0.25) is 0 Å². The molecular formula is C18H12BrN3O2. The van der Waals surface area contributed by atoms with E-state index in [-0.39, 0.29) is 10.6 Å². The smallest absolute Gasteiger partial charge is 0.294 e. The summed E-state index contributed by atoms with van der Waals surface area (Å²) in [6.45, 7) is 0. The highest BCUT2D eigenvalue weighted by molar-refractivity contribution is 9.10. The van der Waals surface area contributed by atoms with Gasteiger partial charge in [0.2, 0.25) is 0 Å². The summed E-state index contributed by atoms with van der Waals surface area (Å²) >= 11 is 3.46. The predicted molar refractivity (Wildman–Crippen MR) is 98.8 cm³/mol. The van der Waals surface area contributed by atoms with Gasteiger partial charge in [-0.3, -0.25) is 10.1 Å². The van der Waals surface area contributed by atoms with Crippen LogP contribution < -0.4 is 10.2 Å². The van der Waals surface area contributed by atoms with E-state index < -0.39 is 0 Å². The van der Waals surface area contributed by atoms with E-state index in [1.807, 2.05) is 59.5 Å². The van der Waals surface area contributed by atoms with Gasteiger partial charge in [-0.1, -0.05) is 40.2 Å². The number of para-hydroxylation sites is 2.